The molecule has 0 spiro atoms. The van der Waals surface area contributed by atoms with Crippen LogP contribution in [0.5, 0.6) is 0 Å². The van der Waals surface area contributed by atoms with E-state index in [1.54, 1.807) is 11.5 Å². The molecule has 0 saturated carbocycles. The maximum absolute atomic E-state index is 11.6. The second kappa shape index (κ2) is 4.05. The van der Waals surface area contributed by atoms with Crippen molar-refractivity contribution >= 4 is 5.78 Å². The molecule has 88 valence electrons. The molecule has 0 fully saturated rings. The molecular weight excluding hydrogens is 216 g/mol. The Balaban J connectivity index is 2.57. The lowest BCUT2D eigenvalue weighted by molar-refractivity contribution is -0.606. The second-order valence-corrected chi connectivity index (χ2v) is 4.14. The molecule has 1 heterocycles. The highest BCUT2D eigenvalue weighted by Crippen LogP contribution is 2.14. The van der Waals surface area contributed by atoms with Gasteiger partial charge in [-0.2, -0.15) is 4.57 Å². The molecule has 0 atom stereocenters. The van der Waals surface area contributed by atoms with Crippen molar-refractivity contribution in [3.8, 4) is 5.69 Å². The standard InChI is InChI=1S/C13H14N2O2/c1-9-4-6-12(7-5-9)14-8-15(17)13(10(14)2)11(3)16/h4-8H,1-3H3. The van der Waals surface area contributed by atoms with Crippen LogP contribution in [0.15, 0.2) is 30.6 Å². The molecule has 0 radical (unpaired) electrons. The number of hydrogen-bond donors (Lipinski definition) is 0. The molecule has 1 aromatic carbocycles. The molecule has 4 heteroatoms. The van der Waals surface area contributed by atoms with Gasteiger partial charge in [0.1, 0.15) is 5.69 Å². The van der Waals surface area contributed by atoms with Crippen molar-refractivity contribution < 1.29 is 9.52 Å². The number of Topliss-reactive ketones (excluding diaryl/α,β-unsaturated/α-hetero) is 1. The molecule has 4 nitrogen and oxygen atoms in total. The first kappa shape index (κ1) is 11.4. The lowest BCUT2D eigenvalue weighted by Crippen LogP contribution is -2.30. The van der Waals surface area contributed by atoms with Crippen LogP contribution in [0.3, 0.4) is 0 Å². The van der Waals surface area contributed by atoms with Crippen LogP contribution >= 0.6 is 0 Å². The lowest BCUT2D eigenvalue weighted by atomic mass is 10.2. The molecule has 1 aromatic heterocycles. The molecule has 0 saturated heterocycles. The third-order valence-corrected chi connectivity index (χ3v) is 2.79. The Morgan fingerprint density at radius 2 is 1.82 bits per heavy atom. The van der Waals surface area contributed by atoms with Crippen LogP contribution in [0.25, 0.3) is 5.69 Å². The Hall–Kier alpha value is -2.10. The average Bonchev–Trinajstić information content (AvgIpc) is 2.55. The normalized spacial score (nSPS) is 10.5. The van der Waals surface area contributed by atoms with Gasteiger partial charge in [0, 0.05) is 13.8 Å². The summed E-state index contributed by atoms with van der Waals surface area (Å²) < 4.78 is 2.35. The first-order valence-electron chi connectivity index (χ1n) is 5.40. The van der Waals surface area contributed by atoms with Gasteiger partial charge in [0.25, 0.3) is 6.33 Å². The molecule has 0 bridgehead atoms. The maximum atomic E-state index is 11.6. The van der Waals surface area contributed by atoms with Crippen molar-refractivity contribution in [2.75, 3.05) is 0 Å². The summed E-state index contributed by atoms with van der Waals surface area (Å²) in [6.07, 6.45) is 1.39. The summed E-state index contributed by atoms with van der Waals surface area (Å²) >= 11 is 0. The summed E-state index contributed by atoms with van der Waals surface area (Å²) in [6.45, 7) is 5.17. The molecule has 0 aliphatic carbocycles. The smallest absolute Gasteiger partial charge is 0.252 e. The fourth-order valence-electron chi connectivity index (χ4n) is 1.90. The van der Waals surface area contributed by atoms with E-state index >= 15 is 0 Å². The zero-order valence-corrected chi connectivity index (χ0v) is 10.1. The van der Waals surface area contributed by atoms with Crippen LogP contribution in [0.4, 0.5) is 0 Å². The van der Waals surface area contributed by atoms with Gasteiger partial charge in [-0.15, -0.1) is 0 Å². The van der Waals surface area contributed by atoms with Crippen molar-refractivity contribution in [2.45, 2.75) is 20.8 Å². The number of carbonyl (C=O) groups is 1. The number of imidazole rings is 1. The number of aryl methyl sites for hydroxylation is 1. The highest BCUT2D eigenvalue weighted by molar-refractivity contribution is 5.91. The van der Waals surface area contributed by atoms with Crippen molar-refractivity contribution in [3.05, 3.63) is 52.8 Å². The molecule has 2 aromatic rings. The van der Waals surface area contributed by atoms with Crippen molar-refractivity contribution in [3.63, 3.8) is 0 Å². The Labute approximate surface area is 99.7 Å². The Kier molecular flexibility index (Phi) is 2.71. The SMILES string of the molecule is CC(=O)c1c(C)n(-c2ccc(C)cc2)c[n+]1[O-]. The minimum Gasteiger partial charge on any atom is -0.710 e. The van der Waals surface area contributed by atoms with Crippen LogP contribution in [0.1, 0.15) is 28.7 Å². The van der Waals surface area contributed by atoms with Gasteiger partial charge in [-0.05, 0) is 19.1 Å². The van der Waals surface area contributed by atoms with E-state index in [0.29, 0.717) is 10.4 Å². The predicted molar refractivity (Wildman–Crippen MR) is 64.2 cm³/mol. The minimum atomic E-state index is -0.219. The van der Waals surface area contributed by atoms with E-state index < -0.39 is 0 Å². The van der Waals surface area contributed by atoms with Crippen LogP contribution in [-0.4, -0.2) is 10.4 Å². The first-order valence-corrected chi connectivity index (χ1v) is 5.40. The minimum absolute atomic E-state index is 0.200. The summed E-state index contributed by atoms with van der Waals surface area (Å²) in [5.74, 6) is -0.219. The van der Waals surface area contributed by atoms with Gasteiger partial charge in [0.15, 0.2) is 5.69 Å². The highest BCUT2D eigenvalue weighted by Gasteiger charge is 2.20. The van der Waals surface area contributed by atoms with E-state index in [1.165, 1.54) is 13.3 Å². The summed E-state index contributed by atoms with van der Waals surface area (Å²) in [6, 6.07) is 7.78. The maximum Gasteiger partial charge on any atom is 0.252 e. The highest BCUT2D eigenvalue weighted by atomic mass is 16.5. The van der Waals surface area contributed by atoms with E-state index in [9.17, 15) is 10.0 Å². The second-order valence-electron chi connectivity index (χ2n) is 4.14. The summed E-state index contributed by atoms with van der Waals surface area (Å²) in [5, 5.41) is 11.6. The fourth-order valence-corrected chi connectivity index (χ4v) is 1.90. The predicted octanol–water partition coefficient (Wildman–Crippen LogP) is 1.93. The first-order chi connectivity index (χ1) is 8.00. The topological polar surface area (TPSA) is 48.9 Å². The Morgan fingerprint density at radius 3 is 2.29 bits per heavy atom. The Bertz CT molecular complexity index is 568. The van der Waals surface area contributed by atoms with E-state index in [-0.39, 0.29) is 11.5 Å². The summed E-state index contributed by atoms with van der Waals surface area (Å²) in [4.78, 5) is 11.4. The zero-order chi connectivity index (χ0) is 12.6. The van der Waals surface area contributed by atoms with E-state index in [1.807, 2.05) is 31.2 Å². The zero-order valence-electron chi connectivity index (χ0n) is 10.1. The lowest BCUT2D eigenvalue weighted by Gasteiger charge is -1.98. The van der Waals surface area contributed by atoms with Gasteiger partial charge >= 0.3 is 0 Å². The molecule has 2 rings (SSSR count). The van der Waals surface area contributed by atoms with Gasteiger partial charge in [-0.3, -0.25) is 4.79 Å². The monoisotopic (exact) mass is 230 g/mol. The number of aromatic nitrogens is 2. The largest absolute Gasteiger partial charge is 0.710 e. The number of hydrogen-bond acceptors (Lipinski definition) is 2. The van der Waals surface area contributed by atoms with E-state index in [4.69, 9.17) is 0 Å². The van der Waals surface area contributed by atoms with Gasteiger partial charge < -0.3 is 5.21 Å². The van der Waals surface area contributed by atoms with Crippen molar-refractivity contribution in [1.29, 1.82) is 0 Å². The van der Waals surface area contributed by atoms with Gasteiger partial charge in [-0.1, -0.05) is 17.7 Å². The van der Waals surface area contributed by atoms with Crippen molar-refractivity contribution in [2.24, 2.45) is 0 Å². The molecule has 0 N–H and O–H groups in total. The van der Waals surface area contributed by atoms with Gasteiger partial charge in [-0.25, -0.2) is 4.73 Å². The van der Waals surface area contributed by atoms with Gasteiger partial charge in [0.05, 0.1) is 0 Å². The van der Waals surface area contributed by atoms with Crippen LogP contribution < -0.4 is 4.73 Å². The number of nitrogens with zero attached hydrogens (tertiary/aromatic N) is 2. The summed E-state index contributed by atoms with van der Waals surface area (Å²) in [5.41, 5.74) is 2.90. The van der Waals surface area contributed by atoms with Crippen LogP contribution in [-0.2, 0) is 0 Å². The molecule has 0 amide bonds. The van der Waals surface area contributed by atoms with Crippen LogP contribution in [0.2, 0.25) is 0 Å². The fraction of sp³-hybridized carbons (Fsp3) is 0.231. The van der Waals surface area contributed by atoms with Crippen molar-refractivity contribution in [1.82, 2.24) is 4.57 Å². The molecule has 0 aliphatic heterocycles. The average molecular weight is 230 g/mol. The number of benzene rings is 1. The quantitative estimate of drug-likeness (QED) is 0.449. The Morgan fingerprint density at radius 1 is 1.24 bits per heavy atom. The molecular formula is C13H14N2O2. The third kappa shape index (κ3) is 1.93. The van der Waals surface area contributed by atoms with Crippen LogP contribution in [0, 0.1) is 19.1 Å². The van der Waals surface area contributed by atoms with E-state index in [2.05, 4.69) is 0 Å². The molecule has 0 aliphatic rings. The molecule has 0 unspecified atom stereocenters. The summed E-state index contributed by atoms with van der Waals surface area (Å²) in [7, 11) is 0. The number of rotatable bonds is 2. The molecule has 17 heavy (non-hydrogen) atoms. The third-order valence-electron chi connectivity index (χ3n) is 2.79. The number of carbonyl (C=O) groups excluding carboxylic acids is 1. The number of ketones is 1. The van der Waals surface area contributed by atoms with Gasteiger partial charge in [0.2, 0.25) is 11.5 Å². The van der Waals surface area contributed by atoms with E-state index in [0.717, 1.165) is 11.3 Å².